The van der Waals surface area contributed by atoms with Crippen LogP contribution in [0.25, 0.3) is 0 Å². The third kappa shape index (κ3) is 8.81. The molecule has 0 aromatic heterocycles. The fourth-order valence-electron chi connectivity index (χ4n) is 2.75. The van der Waals surface area contributed by atoms with Gasteiger partial charge in [0.1, 0.15) is 5.75 Å². The van der Waals surface area contributed by atoms with E-state index in [0.717, 1.165) is 43.8 Å². The summed E-state index contributed by atoms with van der Waals surface area (Å²) in [6.07, 6.45) is 2.21. The number of amides is 1. The molecule has 1 aromatic rings. The molecule has 0 saturated carbocycles. The first-order valence-electron chi connectivity index (χ1n) is 9.60. The highest BCUT2D eigenvalue weighted by Gasteiger charge is 2.17. The Kier molecular flexibility index (Phi) is 11.2. The van der Waals surface area contributed by atoms with Gasteiger partial charge < -0.3 is 20.3 Å². The monoisotopic (exact) mass is 488 g/mol. The summed E-state index contributed by atoms with van der Waals surface area (Å²) in [5.74, 6) is 2.16. The molecule has 2 N–H and O–H groups in total. The van der Waals surface area contributed by atoms with Gasteiger partial charge >= 0.3 is 0 Å². The van der Waals surface area contributed by atoms with E-state index in [1.165, 1.54) is 0 Å². The molecular weight excluding hydrogens is 455 g/mol. The minimum Gasteiger partial charge on any atom is -0.493 e. The summed E-state index contributed by atoms with van der Waals surface area (Å²) in [7, 11) is 0. The van der Waals surface area contributed by atoms with E-state index in [4.69, 9.17) is 4.74 Å². The van der Waals surface area contributed by atoms with Crippen molar-refractivity contribution in [3.63, 3.8) is 0 Å². The van der Waals surface area contributed by atoms with Crippen LogP contribution in [-0.4, -0.2) is 49.6 Å². The summed E-state index contributed by atoms with van der Waals surface area (Å²) < 4.78 is 5.77. The quantitative estimate of drug-likeness (QED) is 0.336. The first-order chi connectivity index (χ1) is 12.6. The number of ether oxygens (including phenoxy) is 1. The van der Waals surface area contributed by atoms with Crippen molar-refractivity contribution in [2.45, 2.75) is 40.2 Å². The SMILES string of the molecule is CCNC(=NCc1cccc(OCC(C)C)c1)NCC(=O)N1CCCC1.I. The fourth-order valence-corrected chi connectivity index (χ4v) is 2.75. The number of hydrogen-bond donors (Lipinski definition) is 2. The molecule has 1 amide bonds. The van der Waals surface area contributed by atoms with Crippen LogP contribution in [0.4, 0.5) is 0 Å². The Balaban J connectivity index is 0.00000364. The first-order valence-corrected chi connectivity index (χ1v) is 9.60. The lowest BCUT2D eigenvalue weighted by atomic mass is 10.2. The van der Waals surface area contributed by atoms with Crippen LogP contribution >= 0.6 is 24.0 Å². The second-order valence-electron chi connectivity index (χ2n) is 6.99. The Morgan fingerprint density at radius 2 is 2.00 bits per heavy atom. The summed E-state index contributed by atoms with van der Waals surface area (Å²) in [6.45, 7) is 10.3. The van der Waals surface area contributed by atoms with Crippen LogP contribution in [0.15, 0.2) is 29.3 Å². The maximum Gasteiger partial charge on any atom is 0.241 e. The van der Waals surface area contributed by atoms with E-state index in [-0.39, 0.29) is 36.4 Å². The number of hydrogen-bond acceptors (Lipinski definition) is 3. The van der Waals surface area contributed by atoms with E-state index in [1.807, 2.05) is 36.1 Å². The van der Waals surface area contributed by atoms with Crippen LogP contribution < -0.4 is 15.4 Å². The topological polar surface area (TPSA) is 66.0 Å². The largest absolute Gasteiger partial charge is 0.493 e. The minimum absolute atomic E-state index is 0. The van der Waals surface area contributed by atoms with Gasteiger partial charge in [0.2, 0.25) is 5.91 Å². The van der Waals surface area contributed by atoms with Crippen molar-refractivity contribution in [2.24, 2.45) is 10.9 Å². The maximum absolute atomic E-state index is 12.2. The van der Waals surface area contributed by atoms with Crippen LogP contribution in [0.2, 0.25) is 0 Å². The smallest absolute Gasteiger partial charge is 0.241 e. The molecule has 1 aliphatic rings. The Morgan fingerprint density at radius 1 is 1.26 bits per heavy atom. The number of carbonyl (C=O) groups excluding carboxylic acids is 1. The van der Waals surface area contributed by atoms with Crippen LogP contribution in [0, 0.1) is 5.92 Å². The zero-order valence-corrected chi connectivity index (χ0v) is 19.0. The fraction of sp³-hybridized carbons (Fsp3) is 0.600. The average molecular weight is 488 g/mol. The molecule has 0 radical (unpaired) electrons. The molecule has 1 aliphatic heterocycles. The number of nitrogens with zero attached hydrogens (tertiary/aromatic N) is 2. The zero-order valence-electron chi connectivity index (χ0n) is 16.7. The lowest BCUT2D eigenvalue weighted by Crippen LogP contribution is -2.44. The third-order valence-electron chi connectivity index (χ3n) is 4.11. The number of likely N-dealkylation sites (tertiary alicyclic amines) is 1. The van der Waals surface area contributed by atoms with Crippen molar-refractivity contribution in [3.05, 3.63) is 29.8 Å². The van der Waals surface area contributed by atoms with Gasteiger partial charge in [-0.25, -0.2) is 4.99 Å². The van der Waals surface area contributed by atoms with Gasteiger partial charge in [0.15, 0.2) is 5.96 Å². The number of aliphatic imine (C=N–C) groups is 1. The molecule has 7 heteroatoms. The van der Waals surface area contributed by atoms with Gasteiger partial charge in [-0.05, 0) is 43.4 Å². The van der Waals surface area contributed by atoms with Gasteiger partial charge in [-0.15, -0.1) is 24.0 Å². The molecule has 152 valence electrons. The number of rotatable bonds is 8. The van der Waals surface area contributed by atoms with E-state index in [2.05, 4.69) is 29.5 Å². The van der Waals surface area contributed by atoms with Crippen LogP contribution in [0.5, 0.6) is 5.75 Å². The molecule has 0 bridgehead atoms. The zero-order chi connectivity index (χ0) is 18.8. The van der Waals surface area contributed by atoms with E-state index < -0.39 is 0 Å². The van der Waals surface area contributed by atoms with E-state index in [9.17, 15) is 4.79 Å². The number of carbonyl (C=O) groups is 1. The van der Waals surface area contributed by atoms with Gasteiger partial charge in [-0.3, -0.25) is 4.79 Å². The van der Waals surface area contributed by atoms with Crippen LogP contribution in [-0.2, 0) is 11.3 Å². The van der Waals surface area contributed by atoms with E-state index in [0.29, 0.717) is 25.0 Å². The van der Waals surface area contributed by atoms with Crippen molar-refractivity contribution in [2.75, 3.05) is 32.8 Å². The van der Waals surface area contributed by atoms with Crippen LogP contribution in [0.3, 0.4) is 0 Å². The highest BCUT2D eigenvalue weighted by Crippen LogP contribution is 2.15. The normalized spacial score (nSPS) is 14.1. The molecule has 1 heterocycles. The van der Waals surface area contributed by atoms with Gasteiger partial charge in [-0.2, -0.15) is 0 Å². The molecule has 1 saturated heterocycles. The molecule has 0 spiro atoms. The number of guanidine groups is 1. The summed E-state index contributed by atoms with van der Waals surface area (Å²) >= 11 is 0. The van der Waals surface area contributed by atoms with Gasteiger partial charge in [-0.1, -0.05) is 26.0 Å². The van der Waals surface area contributed by atoms with Crippen molar-refractivity contribution in [3.8, 4) is 5.75 Å². The highest BCUT2D eigenvalue weighted by atomic mass is 127. The molecule has 2 rings (SSSR count). The Bertz CT molecular complexity index is 601. The number of nitrogens with one attached hydrogen (secondary N) is 2. The summed E-state index contributed by atoms with van der Waals surface area (Å²) in [4.78, 5) is 18.7. The third-order valence-corrected chi connectivity index (χ3v) is 4.11. The predicted octanol–water partition coefficient (Wildman–Crippen LogP) is 3.02. The van der Waals surface area contributed by atoms with Crippen molar-refractivity contribution < 1.29 is 9.53 Å². The lowest BCUT2D eigenvalue weighted by Gasteiger charge is -2.17. The molecule has 0 aliphatic carbocycles. The molecular formula is C20H33IN4O2. The molecule has 0 atom stereocenters. The second-order valence-corrected chi connectivity index (χ2v) is 6.99. The molecule has 1 fully saturated rings. The summed E-state index contributed by atoms with van der Waals surface area (Å²) in [5.41, 5.74) is 1.08. The lowest BCUT2D eigenvalue weighted by molar-refractivity contribution is -0.128. The maximum atomic E-state index is 12.2. The van der Waals surface area contributed by atoms with Crippen LogP contribution in [0.1, 0.15) is 39.2 Å². The van der Waals surface area contributed by atoms with Gasteiger partial charge in [0.25, 0.3) is 0 Å². The average Bonchev–Trinajstić information content (AvgIpc) is 3.17. The highest BCUT2D eigenvalue weighted by molar-refractivity contribution is 14.0. The van der Waals surface area contributed by atoms with E-state index in [1.54, 1.807) is 0 Å². The Hall–Kier alpha value is -1.51. The molecule has 0 unspecified atom stereocenters. The van der Waals surface area contributed by atoms with Crippen molar-refractivity contribution >= 4 is 35.8 Å². The van der Waals surface area contributed by atoms with Gasteiger partial charge in [0.05, 0.1) is 19.7 Å². The summed E-state index contributed by atoms with van der Waals surface area (Å²) in [6, 6.07) is 8.00. The Morgan fingerprint density at radius 3 is 2.67 bits per heavy atom. The number of halogens is 1. The van der Waals surface area contributed by atoms with Gasteiger partial charge in [0, 0.05) is 19.6 Å². The Labute approximate surface area is 180 Å². The van der Waals surface area contributed by atoms with E-state index >= 15 is 0 Å². The summed E-state index contributed by atoms with van der Waals surface area (Å²) in [5, 5.41) is 6.33. The molecule has 6 nitrogen and oxygen atoms in total. The van der Waals surface area contributed by atoms with Crippen molar-refractivity contribution in [1.29, 1.82) is 0 Å². The number of benzene rings is 1. The van der Waals surface area contributed by atoms with Crippen molar-refractivity contribution in [1.82, 2.24) is 15.5 Å². The second kappa shape index (κ2) is 12.8. The minimum atomic E-state index is 0. The predicted molar refractivity (Wildman–Crippen MR) is 121 cm³/mol. The standard InChI is InChI=1S/C20H32N4O2.HI/c1-4-21-20(23-14-19(25)24-10-5-6-11-24)22-13-17-8-7-9-18(12-17)26-15-16(2)3;/h7-9,12,16H,4-6,10-11,13-15H2,1-3H3,(H2,21,22,23);1H. The molecule has 1 aromatic carbocycles. The first kappa shape index (κ1) is 23.5. The molecule has 27 heavy (non-hydrogen) atoms.